The van der Waals surface area contributed by atoms with E-state index in [1.165, 1.54) is 0 Å². The Balaban J connectivity index is 2.32. The van der Waals surface area contributed by atoms with Crippen LogP contribution in [0, 0.1) is 0 Å². The minimum Gasteiger partial charge on any atom is -0.136 e. The molecule has 0 aliphatic rings. The molecule has 26 valence electrons. The van der Waals surface area contributed by atoms with Crippen molar-refractivity contribution >= 4 is 11.6 Å². The molecule has 0 aliphatic carbocycles. The van der Waals surface area contributed by atoms with Gasteiger partial charge in [0.15, 0.2) is 0 Å². The maximum absolute atomic E-state index is 7.42. The molecule has 0 unspecified atom stereocenters. The summed E-state index contributed by atoms with van der Waals surface area (Å²) >= 11 is -1.86. The maximum atomic E-state index is 7.42. The lowest BCUT2D eigenvalue weighted by atomic mass is 13.9. The molecule has 0 aromatic heterocycles. The molecular weight excluding hydrogens is 78.1 g/mol. The van der Waals surface area contributed by atoms with E-state index in [2.05, 4.69) is 5.14 Å². The van der Waals surface area contributed by atoms with Gasteiger partial charge in [0.05, 0.1) is 0 Å². The summed E-state index contributed by atoms with van der Waals surface area (Å²) in [4.78, 5) is 0. The molecule has 0 rings (SSSR count). The van der Waals surface area contributed by atoms with Crippen LogP contribution < -0.4 is 5.14 Å². The number of hydrogen-bond donors (Lipinski definition) is 3. The maximum Gasteiger partial charge on any atom is 0.413 e. The average molecular weight is 82.1 g/mol. The molecule has 0 aromatic rings. The van der Waals surface area contributed by atoms with Crippen molar-refractivity contribution in [3.05, 3.63) is 0 Å². The molecular formula is H4NO2S+. The topological polar surface area (TPSA) is 66.5 Å². The molecule has 0 fully saturated rings. The van der Waals surface area contributed by atoms with Gasteiger partial charge in [-0.15, -0.1) is 9.11 Å². The second-order valence-corrected chi connectivity index (χ2v) is 0.877. The molecule has 4 N–H and O–H groups in total. The second kappa shape index (κ2) is 1.54. The third-order valence-corrected chi connectivity index (χ3v) is 0. The molecule has 0 saturated carbocycles. The summed E-state index contributed by atoms with van der Waals surface area (Å²) in [6, 6.07) is 0. The van der Waals surface area contributed by atoms with Crippen molar-refractivity contribution in [1.29, 1.82) is 0 Å². The fourth-order valence-electron chi connectivity index (χ4n) is 0. The number of rotatable bonds is 0. The summed E-state index contributed by atoms with van der Waals surface area (Å²) in [5.74, 6) is 0. The summed E-state index contributed by atoms with van der Waals surface area (Å²) in [6.07, 6.45) is 0. The van der Waals surface area contributed by atoms with Crippen molar-refractivity contribution in [2.45, 2.75) is 0 Å². The smallest absolute Gasteiger partial charge is 0.136 e. The van der Waals surface area contributed by atoms with Gasteiger partial charge in [0.25, 0.3) is 0 Å². The van der Waals surface area contributed by atoms with Gasteiger partial charge in [0, 0.05) is 0 Å². The van der Waals surface area contributed by atoms with Crippen molar-refractivity contribution in [3.8, 4) is 0 Å². The van der Waals surface area contributed by atoms with Crippen LogP contribution in [0.2, 0.25) is 0 Å². The van der Waals surface area contributed by atoms with Crippen molar-refractivity contribution in [3.63, 3.8) is 0 Å². The largest absolute Gasteiger partial charge is 0.413 e. The second-order valence-electron chi connectivity index (χ2n) is 0.292. The Kier molecular flexibility index (Phi) is 1.63. The monoisotopic (exact) mass is 82.0 g/mol. The van der Waals surface area contributed by atoms with Gasteiger partial charge in [-0.1, -0.05) is 5.14 Å². The van der Waals surface area contributed by atoms with Crippen molar-refractivity contribution in [2.75, 3.05) is 0 Å². The van der Waals surface area contributed by atoms with E-state index in [9.17, 15) is 0 Å². The van der Waals surface area contributed by atoms with Gasteiger partial charge < -0.3 is 0 Å². The van der Waals surface area contributed by atoms with Crippen LogP contribution in [0.25, 0.3) is 0 Å². The molecule has 4 heavy (non-hydrogen) atoms. The summed E-state index contributed by atoms with van der Waals surface area (Å²) < 4.78 is 14.8. The summed E-state index contributed by atoms with van der Waals surface area (Å²) in [5.41, 5.74) is 0. The molecule has 0 aliphatic heterocycles. The highest BCUT2D eigenvalue weighted by Crippen LogP contribution is 1.51. The van der Waals surface area contributed by atoms with Crippen LogP contribution in [0.4, 0.5) is 0 Å². The first-order chi connectivity index (χ1) is 1.73. The van der Waals surface area contributed by atoms with E-state index in [1.807, 2.05) is 0 Å². The van der Waals surface area contributed by atoms with Gasteiger partial charge in [-0.25, -0.2) is 0 Å². The Morgan fingerprint density at radius 3 is 1.50 bits per heavy atom. The van der Waals surface area contributed by atoms with E-state index < -0.39 is 11.6 Å². The van der Waals surface area contributed by atoms with Gasteiger partial charge in [-0.3, -0.25) is 0 Å². The van der Waals surface area contributed by atoms with E-state index in [0.717, 1.165) is 0 Å². The highest BCUT2D eigenvalue weighted by atomic mass is 32.2. The van der Waals surface area contributed by atoms with Crippen molar-refractivity contribution in [1.82, 2.24) is 0 Å². The highest BCUT2D eigenvalue weighted by molar-refractivity contribution is 7.83. The number of hydrogen-bond acceptors (Lipinski definition) is 3. The van der Waals surface area contributed by atoms with E-state index in [-0.39, 0.29) is 0 Å². The third-order valence-electron chi connectivity index (χ3n) is 0. The summed E-state index contributed by atoms with van der Waals surface area (Å²) in [6.45, 7) is 0. The van der Waals surface area contributed by atoms with Gasteiger partial charge in [0.1, 0.15) is 0 Å². The fourth-order valence-corrected chi connectivity index (χ4v) is 0. The quantitative estimate of drug-likeness (QED) is 0.343. The molecule has 3 nitrogen and oxygen atoms in total. The zero-order valence-electron chi connectivity index (χ0n) is 1.88. The van der Waals surface area contributed by atoms with Crippen LogP contribution in [0.1, 0.15) is 0 Å². The first-order valence-electron chi connectivity index (χ1n) is 0.601. The first kappa shape index (κ1) is 4.23. The molecule has 0 radical (unpaired) electrons. The van der Waals surface area contributed by atoms with Crippen LogP contribution in [-0.2, 0) is 11.6 Å². The molecule has 0 amide bonds. The normalized spacial score (nSPS) is 9.00. The number of nitrogens with two attached hydrogens (primary N) is 1. The molecule has 0 bridgehead atoms. The zero-order valence-corrected chi connectivity index (χ0v) is 2.70. The lowest BCUT2D eigenvalue weighted by molar-refractivity contribution is 0.507. The predicted octanol–water partition coefficient (Wildman–Crippen LogP) is -0.576. The minimum absolute atomic E-state index is 1.86. The fraction of sp³-hybridized carbons (Fsp3) is 0. The van der Waals surface area contributed by atoms with E-state index in [0.29, 0.717) is 0 Å². The van der Waals surface area contributed by atoms with Crippen molar-refractivity contribution in [2.24, 2.45) is 5.14 Å². The minimum atomic E-state index is -1.86. The van der Waals surface area contributed by atoms with Crippen LogP contribution in [0.3, 0.4) is 0 Å². The third kappa shape index (κ3) is 63.8. The standard InChI is InChI=1S/H4NO2S/c1-4(2)3/h2-3H,1H2/q+1. The Bertz CT molecular complexity index is 10.8. The molecule has 0 saturated heterocycles. The Hall–Kier alpha value is 0.230. The molecule has 0 spiro atoms. The lowest BCUT2D eigenvalue weighted by Crippen LogP contribution is -2.07. The average Bonchev–Trinajstić information content (AvgIpc) is 0.811. The van der Waals surface area contributed by atoms with Gasteiger partial charge in [-0.2, -0.15) is 0 Å². The van der Waals surface area contributed by atoms with Gasteiger partial charge in [-0.05, 0) is 0 Å². The SMILES string of the molecule is N[S+](O)O. The van der Waals surface area contributed by atoms with E-state index in [4.69, 9.17) is 9.11 Å². The highest BCUT2D eigenvalue weighted by Gasteiger charge is 1.90. The van der Waals surface area contributed by atoms with Gasteiger partial charge in [0.2, 0.25) is 0 Å². The Morgan fingerprint density at radius 1 is 1.50 bits per heavy atom. The van der Waals surface area contributed by atoms with E-state index >= 15 is 0 Å². The molecule has 0 heterocycles. The Labute approximate surface area is 26.9 Å². The Morgan fingerprint density at radius 2 is 1.50 bits per heavy atom. The molecule has 4 heteroatoms. The van der Waals surface area contributed by atoms with Gasteiger partial charge >= 0.3 is 11.6 Å². The van der Waals surface area contributed by atoms with Crippen LogP contribution >= 0.6 is 0 Å². The molecule has 0 aromatic carbocycles. The van der Waals surface area contributed by atoms with E-state index in [1.54, 1.807) is 0 Å². The van der Waals surface area contributed by atoms with Crippen LogP contribution in [-0.4, -0.2) is 9.11 Å². The lowest BCUT2D eigenvalue weighted by Gasteiger charge is -1.60. The molecule has 0 atom stereocenters. The van der Waals surface area contributed by atoms with Crippen LogP contribution in [0.5, 0.6) is 0 Å². The van der Waals surface area contributed by atoms with Crippen molar-refractivity contribution < 1.29 is 9.11 Å². The predicted molar refractivity (Wildman–Crippen MR) is 16.8 cm³/mol. The first-order valence-corrected chi connectivity index (χ1v) is 1.80. The zero-order chi connectivity index (χ0) is 3.58. The van der Waals surface area contributed by atoms with Crippen LogP contribution in [0.15, 0.2) is 0 Å². The summed E-state index contributed by atoms with van der Waals surface area (Å²) in [5, 5.41) is 4.25. The summed E-state index contributed by atoms with van der Waals surface area (Å²) in [7, 11) is 0.